The van der Waals surface area contributed by atoms with Crippen molar-refractivity contribution in [1.29, 1.82) is 0 Å². The third kappa shape index (κ3) is 1.72. The topological polar surface area (TPSA) is 81.4 Å². The summed E-state index contributed by atoms with van der Waals surface area (Å²) in [6.07, 6.45) is 0. The van der Waals surface area contributed by atoms with Crippen molar-refractivity contribution in [2.45, 2.75) is 5.72 Å². The van der Waals surface area contributed by atoms with Gasteiger partial charge in [-0.05, 0) is 18.2 Å². The normalized spacial score (nSPS) is 20.1. The molecule has 20 heavy (non-hydrogen) atoms. The highest BCUT2D eigenvalue weighted by Crippen LogP contribution is 2.37. The molecule has 1 atom stereocenters. The smallest absolute Gasteiger partial charge is 0.341 e. The van der Waals surface area contributed by atoms with Gasteiger partial charge < -0.3 is 15.8 Å². The van der Waals surface area contributed by atoms with Crippen molar-refractivity contribution >= 4 is 17.6 Å². The highest BCUT2D eigenvalue weighted by atomic mass is 16.6. The number of cyclic esters (lactones) is 1. The van der Waals surface area contributed by atoms with Gasteiger partial charge in [0, 0.05) is 11.3 Å². The molecule has 1 unspecified atom stereocenters. The molecule has 0 aromatic heterocycles. The van der Waals surface area contributed by atoms with E-state index in [1.807, 2.05) is 6.07 Å². The molecule has 0 spiro atoms. The number of fused-ring (bicyclic) bond motifs is 1. The van der Waals surface area contributed by atoms with Gasteiger partial charge in [-0.3, -0.25) is 4.79 Å². The van der Waals surface area contributed by atoms with Crippen molar-refractivity contribution in [3.63, 3.8) is 0 Å². The highest BCUT2D eigenvalue weighted by Gasteiger charge is 2.50. The molecule has 1 heterocycles. The molecule has 0 fully saturated rings. The lowest BCUT2D eigenvalue weighted by Gasteiger charge is -2.27. The highest BCUT2D eigenvalue weighted by molar-refractivity contribution is 6.02. The first-order valence-corrected chi connectivity index (χ1v) is 6.09. The van der Waals surface area contributed by atoms with E-state index < -0.39 is 17.6 Å². The molecular formula is C15H12N2O3. The molecule has 2 aromatic rings. The van der Waals surface area contributed by atoms with E-state index >= 15 is 0 Å². The lowest BCUT2D eigenvalue weighted by atomic mass is 9.99. The zero-order chi connectivity index (χ0) is 14.2. The molecule has 0 bridgehead atoms. The molecule has 1 aliphatic rings. The first-order valence-electron chi connectivity index (χ1n) is 6.09. The summed E-state index contributed by atoms with van der Waals surface area (Å²) >= 11 is 0. The summed E-state index contributed by atoms with van der Waals surface area (Å²) in [5, 5.41) is 2.92. The number of carbonyl (C=O) groups is 2. The molecule has 0 saturated heterocycles. The number of benzene rings is 2. The minimum Gasteiger partial charge on any atom is -0.421 e. The molecule has 3 rings (SSSR count). The van der Waals surface area contributed by atoms with Crippen LogP contribution in [0.2, 0.25) is 0 Å². The summed E-state index contributed by atoms with van der Waals surface area (Å²) in [6.45, 7) is 0. The van der Waals surface area contributed by atoms with Crippen LogP contribution in [0.1, 0.15) is 15.9 Å². The maximum atomic E-state index is 11.9. The third-order valence-corrected chi connectivity index (χ3v) is 3.21. The molecule has 5 heteroatoms. The summed E-state index contributed by atoms with van der Waals surface area (Å²) in [7, 11) is 0. The number of esters is 1. The van der Waals surface area contributed by atoms with Gasteiger partial charge >= 0.3 is 5.97 Å². The Morgan fingerprint density at radius 3 is 2.40 bits per heavy atom. The maximum Gasteiger partial charge on any atom is 0.341 e. The van der Waals surface area contributed by atoms with Crippen LogP contribution in [0.15, 0.2) is 54.6 Å². The molecular weight excluding hydrogens is 256 g/mol. The van der Waals surface area contributed by atoms with Crippen LogP contribution in [0.25, 0.3) is 0 Å². The van der Waals surface area contributed by atoms with Gasteiger partial charge in [0.15, 0.2) is 0 Å². The zero-order valence-corrected chi connectivity index (χ0v) is 10.5. The van der Waals surface area contributed by atoms with E-state index in [0.29, 0.717) is 16.8 Å². The van der Waals surface area contributed by atoms with Crippen LogP contribution >= 0.6 is 0 Å². The Labute approximate surface area is 115 Å². The Kier molecular flexibility index (Phi) is 2.68. The minimum absolute atomic E-state index is 0.342. The first-order chi connectivity index (χ1) is 9.63. The van der Waals surface area contributed by atoms with Gasteiger partial charge in [-0.25, -0.2) is 4.79 Å². The molecule has 0 radical (unpaired) electrons. The standard InChI is InChI=1S/C15H12N2O3/c16-14(19)15(17-10-6-2-1-3-7-10)12-9-5-4-8-11(12)13(18)20-15/h1-9,17H,(H2,16,19). The number of anilines is 1. The van der Waals surface area contributed by atoms with Gasteiger partial charge in [0.2, 0.25) is 0 Å². The van der Waals surface area contributed by atoms with Crippen LogP contribution < -0.4 is 11.1 Å². The van der Waals surface area contributed by atoms with E-state index in [2.05, 4.69) is 5.32 Å². The number of para-hydroxylation sites is 1. The molecule has 100 valence electrons. The summed E-state index contributed by atoms with van der Waals surface area (Å²) < 4.78 is 5.26. The van der Waals surface area contributed by atoms with E-state index in [1.54, 1.807) is 48.5 Å². The molecule has 2 aromatic carbocycles. The van der Waals surface area contributed by atoms with Crippen molar-refractivity contribution < 1.29 is 14.3 Å². The SMILES string of the molecule is NC(=O)C1(Nc2ccccc2)OC(=O)c2ccccc21. The Morgan fingerprint density at radius 1 is 1.05 bits per heavy atom. The fourth-order valence-electron chi connectivity index (χ4n) is 2.28. The Balaban J connectivity index is 2.11. The monoisotopic (exact) mass is 268 g/mol. The predicted octanol–water partition coefficient (Wildman–Crippen LogP) is 1.61. The lowest BCUT2D eigenvalue weighted by molar-refractivity contribution is -0.134. The van der Waals surface area contributed by atoms with Crippen molar-refractivity contribution in [3.8, 4) is 0 Å². The number of nitrogens with two attached hydrogens (primary N) is 1. The number of amides is 1. The van der Waals surface area contributed by atoms with Gasteiger partial charge in [-0.1, -0.05) is 36.4 Å². The average Bonchev–Trinajstić information content (AvgIpc) is 2.75. The largest absolute Gasteiger partial charge is 0.421 e. The van der Waals surface area contributed by atoms with Crippen LogP contribution in [0.4, 0.5) is 5.69 Å². The van der Waals surface area contributed by atoms with Crippen LogP contribution in [-0.4, -0.2) is 11.9 Å². The molecule has 5 nitrogen and oxygen atoms in total. The quantitative estimate of drug-likeness (QED) is 0.828. The van der Waals surface area contributed by atoms with Crippen molar-refractivity contribution in [2.75, 3.05) is 5.32 Å². The summed E-state index contributed by atoms with van der Waals surface area (Å²) in [6, 6.07) is 15.7. The lowest BCUT2D eigenvalue weighted by Crippen LogP contribution is -2.48. The van der Waals surface area contributed by atoms with Crippen molar-refractivity contribution in [2.24, 2.45) is 5.73 Å². The zero-order valence-electron chi connectivity index (χ0n) is 10.5. The number of ether oxygens (including phenoxy) is 1. The number of carbonyl (C=O) groups excluding carboxylic acids is 2. The third-order valence-electron chi connectivity index (χ3n) is 3.21. The van der Waals surface area contributed by atoms with Crippen LogP contribution in [0.3, 0.4) is 0 Å². The van der Waals surface area contributed by atoms with Crippen molar-refractivity contribution in [3.05, 3.63) is 65.7 Å². The second-order valence-electron chi connectivity index (χ2n) is 4.47. The van der Waals surface area contributed by atoms with Crippen LogP contribution in [-0.2, 0) is 15.3 Å². The van der Waals surface area contributed by atoms with E-state index in [9.17, 15) is 9.59 Å². The van der Waals surface area contributed by atoms with E-state index in [0.717, 1.165) is 0 Å². The fraction of sp³-hybridized carbons (Fsp3) is 0.0667. The Bertz CT molecular complexity index is 685. The summed E-state index contributed by atoms with van der Waals surface area (Å²) in [4.78, 5) is 23.8. The predicted molar refractivity (Wildman–Crippen MR) is 72.8 cm³/mol. The maximum absolute atomic E-state index is 11.9. The molecule has 0 aliphatic carbocycles. The second-order valence-corrected chi connectivity index (χ2v) is 4.47. The number of primary amides is 1. The molecule has 0 saturated carbocycles. The Hall–Kier alpha value is -2.82. The molecule has 1 amide bonds. The van der Waals surface area contributed by atoms with Gasteiger partial charge in [-0.2, -0.15) is 0 Å². The van der Waals surface area contributed by atoms with E-state index in [4.69, 9.17) is 10.5 Å². The minimum atomic E-state index is -1.66. The van der Waals surface area contributed by atoms with Crippen LogP contribution in [0.5, 0.6) is 0 Å². The van der Waals surface area contributed by atoms with Gasteiger partial charge in [0.05, 0.1) is 5.56 Å². The number of rotatable bonds is 3. The van der Waals surface area contributed by atoms with Gasteiger partial charge in [0.1, 0.15) is 0 Å². The van der Waals surface area contributed by atoms with Crippen molar-refractivity contribution in [1.82, 2.24) is 0 Å². The number of nitrogens with one attached hydrogen (secondary N) is 1. The number of hydrogen-bond acceptors (Lipinski definition) is 4. The second kappa shape index (κ2) is 4.38. The Morgan fingerprint density at radius 2 is 1.70 bits per heavy atom. The van der Waals surface area contributed by atoms with Gasteiger partial charge in [-0.15, -0.1) is 0 Å². The fourth-order valence-corrected chi connectivity index (χ4v) is 2.28. The molecule has 3 N–H and O–H groups in total. The van der Waals surface area contributed by atoms with Crippen LogP contribution in [0, 0.1) is 0 Å². The number of hydrogen-bond donors (Lipinski definition) is 2. The summed E-state index contributed by atoms with van der Waals surface area (Å²) in [5.74, 6) is -1.33. The van der Waals surface area contributed by atoms with E-state index in [1.165, 1.54) is 0 Å². The first kappa shape index (κ1) is 12.2. The summed E-state index contributed by atoms with van der Waals surface area (Å²) in [5.41, 5.74) is 5.23. The van der Waals surface area contributed by atoms with E-state index in [-0.39, 0.29) is 0 Å². The molecule has 1 aliphatic heterocycles. The average molecular weight is 268 g/mol. The van der Waals surface area contributed by atoms with Gasteiger partial charge in [0.25, 0.3) is 11.6 Å².